The van der Waals surface area contributed by atoms with Gasteiger partial charge in [-0.3, -0.25) is 4.79 Å². The van der Waals surface area contributed by atoms with Gasteiger partial charge in [0.15, 0.2) is 0 Å². The van der Waals surface area contributed by atoms with E-state index < -0.39 is 10.0 Å². The summed E-state index contributed by atoms with van der Waals surface area (Å²) in [6, 6.07) is 12.4. The molecule has 1 saturated heterocycles. The number of hydrogen-bond donors (Lipinski definition) is 1. The van der Waals surface area contributed by atoms with E-state index in [2.05, 4.69) is 5.32 Å². The van der Waals surface area contributed by atoms with Crippen molar-refractivity contribution in [1.29, 1.82) is 0 Å². The number of anilines is 1. The molecule has 1 fully saturated rings. The lowest BCUT2D eigenvalue weighted by Gasteiger charge is -2.30. The number of carbonyl (C=O) groups is 1. The molecule has 0 radical (unpaired) electrons. The Kier molecular flexibility index (Phi) is 7.00. The van der Waals surface area contributed by atoms with Gasteiger partial charge in [0.05, 0.1) is 11.5 Å². The van der Waals surface area contributed by atoms with Crippen LogP contribution in [0, 0.1) is 11.7 Å². The number of ether oxygens (including phenoxy) is 1. The van der Waals surface area contributed by atoms with Crippen LogP contribution in [0.25, 0.3) is 0 Å². The van der Waals surface area contributed by atoms with Gasteiger partial charge in [-0.25, -0.2) is 12.8 Å². The van der Waals surface area contributed by atoms with E-state index in [1.165, 1.54) is 28.6 Å². The van der Waals surface area contributed by atoms with E-state index in [4.69, 9.17) is 4.74 Å². The molecule has 156 valence electrons. The minimum atomic E-state index is -3.58. The number of nitrogens with zero attached hydrogens (tertiary/aromatic N) is 1. The lowest BCUT2D eigenvalue weighted by Crippen LogP contribution is -2.41. The highest BCUT2D eigenvalue weighted by Crippen LogP contribution is 2.25. The summed E-state index contributed by atoms with van der Waals surface area (Å²) in [6.07, 6.45) is 1.61. The summed E-state index contributed by atoms with van der Waals surface area (Å²) < 4.78 is 45.2. The minimum absolute atomic E-state index is 0.170. The molecule has 0 saturated carbocycles. The Bertz CT molecular complexity index is 922. The fourth-order valence-corrected chi connectivity index (χ4v) is 4.80. The summed E-state index contributed by atoms with van der Waals surface area (Å²) in [4.78, 5) is 12.7. The number of nitrogens with one attached hydrogen (secondary N) is 1. The Balaban J connectivity index is 1.57. The van der Waals surface area contributed by atoms with Crippen molar-refractivity contribution in [3.8, 4) is 0 Å². The van der Waals surface area contributed by atoms with Crippen LogP contribution in [0.5, 0.6) is 0 Å². The van der Waals surface area contributed by atoms with Crippen LogP contribution in [0.4, 0.5) is 10.1 Å². The molecule has 0 atom stereocenters. The van der Waals surface area contributed by atoms with Gasteiger partial charge in [-0.1, -0.05) is 12.1 Å². The topological polar surface area (TPSA) is 75.7 Å². The Labute approximate surface area is 170 Å². The smallest absolute Gasteiger partial charge is 0.243 e. The van der Waals surface area contributed by atoms with Crippen LogP contribution in [0.2, 0.25) is 0 Å². The Morgan fingerprint density at radius 2 is 1.72 bits per heavy atom. The van der Waals surface area contributed by atoms with Crippen molar-refractivity contribution >= 4 is 21.6 Å². The molecule has 0 bridgehead atoms. The highest BCUT2D eigenvalue weighted by molar-refractivity contribution is 7.89. The summed E-state index contributed by atoms with van der Waals surface area (Å²) in [5.41, 5.74) is 1.54. The predicted molar refractivity (Wildman–Crippen MR) is 109 cm³/mol. The zero-order chi connectivity index (χ0) is 20.9. The third-order valence-electron chi connectivity index (χ3n) is 5.09. The molecule has 1 aliphatic rings. The number of rotatable bonds is 7. The zero-order valence-corrected chi connectivity index (χ0v) is 17.1. The van der Waals surface area contributed by atoms with Crippen molar-refractivity contribution in [2.24, 2.45) is 5.92 Å². The van der Waals surface area contributed by atoms with Gasteiger partial charge >= 0.3 is 0 Å². The van der Waals surface area contributed by atoms with Crippen LogP contribution >= 0.6 is 0 Å². The van der Waals surface area contributed by atoms with Crippen LogP contribution in [-0.2, 0) is 26.0 Å². The van der Waals surface area contributed by atoms with E-state index in [-0.39, 0.29) is 35.6 Å². The van der Waals surface area contributed by atoms with Gasteiger partial charge in [0, 0.05) is 31.8 Å². The Hall–Kier alpha value is -2.29. The standard InChI is InChI=1S/C21H25FN2O4S/c1-28-15-12-16-2-8-20(9-3-16)29(26,27)24-13-10-17(11-14-24)21(25)23-19-6-4-18(22)5-7-19/h2-9,17H,10-15H2,1H3,(H,23,25). The Morgan fingerprint density at radius 3 is 2.31 bits per heavy atom. The molecule has 3 rings (SSSR count). The van der Waals surface area contributed by atoms with E-state index in [0.29, 0.717) is 25.1 Å². The third-order valence-corrected chi connectivity index (χ3v) is 7.01. The van der Waals surface area contributed by atoms with Crippen molar-refractivity contribution in [2.75, 3.05) is 32.1 Å². The van der Waals surface area contributed by atoms with Gasteiger partial charge in [0.2, 0.25) is 15.9 Å². The van der Waals surface area contributed by atoms with Gasteiger partial charge in [0.1, 0.15) is 5.82 Å². The van der Waals surface area contributed by atoms with Gasteiger partial charge in [-0.05, 0) is 61.2 Å². The van der Waals surface area contributed by atoms with Gasteiger partial charge in [-0.2, -0.15) is 4.31 Å². The average Bonchev–Trinajstić information content (AvgIpc) is 2.74. The quantitative estimate of drug-likeness (QED) is 0.747. The van der Waals surface area contributed by atoms with Crippen molar-refractivity contribution in [3.63, 3.8) is 0 Å². The number of amides is 1. The number of methoxy groups -OCH3 is 1. The molecule has 0 aromatic heterocycles. The zero-order valence-electron chi connectivity index (χ0n) is 16.3. The van der Waals surface area contributed by atoms with E-state index in [9.17, 15) is 17.6 Å². The second kappa shape index (κ2) is 9.47. The highest BCUT2D eigenvalue weighted by atomic mass is 32.2. The maximum absolute atomic E-state index is 13.0. The first-order valence-electron chi connectivity index (χ1n) is 9.54. The fraction of sp³-hybridized carbons (Fsp3) is 0.381. The van der Waals surface area contributed by atoms with Crippen molar-refractivity contribution in [2.45, 2.75) is 24.2 Å². The molecule has 29 heavy (non-hydrogen) atoms. The van der Waals surface area contributed by atoms with Crippen molar-refractivity contribution < 1.29 is 22.3 Å². The lowest BCUT2D eigenvalue weighted by atomic mass is 9.97. The molecule has 1 aliphatic heterocycles. The molecule has 1 amide bonds. The van der Waals surface area contributed by atoms with Gasteiger partial charge in [-0.15, -0.1) is 0 Å². The molecule has 2 aromatic carbocycles. The Morgan fingerprint density at radius 1 is 1.10 bits per heavy atom. The van der Waals surface area contributed by atoms with Gasteiger partial charge in [0.25, 0.3) is 0 Å². The average molecular weight is 421 g/mol. The molecule has 1 heterocycles. The first kappa shape index (κ1) is 21.4. The molecular formula is C21H25FN2O4S. The summed E-state index contributed by atoms with van der Waals surface area (Å²) in [7, 11) is -1.96. The van der Waals surface area contributed by atoms with Crippen molar-refractivity contribution in [1.82, 2.24) is 4.31 Å². The first-order valence-corrected chi connectivity index (χ1v) is 11.0. The predicted octanol–water partition coefficient (Wildman–Crippen LogP) is 3.05. The van der Waals surface area contributed by atoms with E-state index in [1.807, 2.05) is 0 Å². The number of sulfonamides is 1. The maximum Gasteiger partial charge on any atom is 0.243 e. The normalized spacial score (nSPS) is 15.9. The van der Waals surface area contributed by atoms with Crippen molar-refractivity contribution in [3.05, 3.63) is 59.9 Å². The number of carbonyl (C=O) groups excluding carboxylic acids is 1. The summed E-state index contributed by atoms with van der Waals surface area (Å²) >= 11 is 0. The fourth-order valence-electron chi connectivity index (χ4n) is 3.33. The molecule has 8 heteroatoms. The number of piperidine rings is 1. The molecule has 2 aromatic rings. The van der Waals surface area contributed by atoms with Crippen LogP contribution in [0.3, 0.4) is 0 Å². The summed E-state index contributed by atoms with van der Waals surface area (Å²) in [6.45, 7) is 1.16. The monoisotopic (exact) mass is 420 g/mol. The van der Waals surface area contributed by atoms with E-state index in [0.717, 1.165) is 12.0 Å². The second-order valence-corrected chi connectivity index (χ2v) is 9.00. The van der Waals surface area contributed by atoms with E-state index in [1.54, 1.807) is 31.4 Å². The molecule has 0 aliphatic carbocycles. The summed E-state index contributed by atoms with van der Waals surface area (Å²) in [5.74, 6) is -0.813. The summed E-state index contributed by atoms with van der Waals surface area (Å²) in [5, 5.41) is 2.76. The van der Waals surface area contributed by atoms with E-state index >= 15 is 0 Å². The lowest BCUT2D eigenvalue weighted by molar-refractivity contribution is -0.120. The molecule has 6 nitrogen and oxygen atoms in total. The number of halogens is 1. The van der Waals surface area contributed by atoms with Crippen LogP contribution in [0.15, 0.2) is 53.4 Å². The minimum Gasteiger partial charge on any atom is -0.384 e. The molecule has 1 N–H and O–H groups in total. The number of hydrogen-bond acceptors (Lipinski definition) is 4. The second-order valence-electron chi connectivity index (χ2n) is 7.06. The third kappa shape index (κ3) is 5.41. The van der Waals surface area contributed by atoms with Crippen LogP contribution in [0.1, 0.15) is 18.4 Å². The van der Waals surface area contributed by atoms with Crippen LogP contribution in [-0.4, -0.2) is 45.4 Å². The molecule has 0 spiro atoms. The molecule has 0 unspecified atom stereocenters. The first-order chi connectivity index (χ1) is 13.9. The molecular weight excluding hydrogens is 395 g/mol. The highest BCUT2D eigenvalue weighted by Gasteiger charge is 2.32. The number of benzene rings is 2. The van der Waals surface area contributed by atoms with Crippen LogP contribution < -0.4 is 5.32 Å². The largest absolute Gasteiger partial charge is 0.384 e. The SMILES string of the molecule is COCCc1ccc(S(=O)(=O)N2CCC(C(=O)Nc3ccc(F)cc3)CC2)cc1. The maximum atomic E-state index is 13.0. The van der Waals surface area contributed by atoms with Gasteiger partial charge < -0.3 is 10.1 Å².